The zero-order valence-electron chi connectivity index (χ0n) is 19.3. The minimum absolute atomic E-state index is 0.0638. The van der Waals surface area contributed by atoms with Crippen LogP contribution in [0.4, 0.5) is 0 Å². The number of para-hydroxylation sites is 1. The van der Waals surface area contributed by atoms with Crippen LogP contribution in [0.1, 0.15) is 49.3 Å². The van der Waals surface area contributed by atoms with Gasteiger partial charge in [-0.1, -0.05) is 72.3 Å². The average Bonchev–Trinajstić information content (AvgIpc) is 3.20. The largest absolute Gasteiger partial charge is 0.354 e. The second-order valence-electron chi connectivity index (χ2n) is 8.69. The molecule has 170 valence electrons. The van der Waals surface area contributed by atoms with Gasteiger partial charge in [0, 0.05) is 47.0 Å². The smallest absolute Gasteiger partial charge is 0.221 e. The number of benzene rings is 3. The molecule has 0 saturated heterocycles. The molecular weight excluding hydrogens is 428 g/mol. The molecule has 4 heteroatoms. The number of aryl methyl sites for hydroxylation is 2. The zero-order chi connectivity index (χ0) is 23.2. The summed E-state index contributed by atoms with van der Waals surface area (Å²) in [7, 11) is 0. The molecule has 4 rings (SSSR count). The van der Waals surface area contributed by atoms with Crippen molar-refractivity contribution in [3.8, 4) is 0 Å². The molecule has 1 heterocycles. The van der Waals surface area contributed by atoms with Crippen molar-refractivity contribution in [3.63, 3.8) is 0 Å². The third kappa shape index (κ3) is 5.66. The maximum absolute atomic E-state index is 13.2. The molecule has 33 heavy (non-hydrogen) atoms. The van der Waals surface area contributed by atoms with Crippen LogP contribution in [0.2, 0.25) is 5.02 Å². The van der Waals surface area contributed by atoms with Crippen molar-refractivity contribution in [2.75, 3.05) is 0 Å². The summed E-state index contributed by atoms with van der Waals surface area (Å²) in [5.74, 6) is -0.00316. The van der Waals surface area contributed by atoms with Crippen LogP contribution in [0, 0.1) is 0 Å². The third-order valence-electron chi connectivity index (χ3n) is 6.29. The third-order valence-corrected chi connectivity index (χ3v) is 6.53. The number of nitrogens with zero attached hydrogens (tertiary/aromatic N) is 1. The van der Waals surface area contributed by atoms with Crippen molar-refractivity contribution < 1.29 is 4.79 Å². The van der Waals surface area contributed by atoms with Gasteiger partial charge in [0.1, 0.15) is 0 Å². The molecule has 1 N–H and O–H groups in total. The van der Waals surface area contributed by atoms with Gasteiger partial charge in [0.2, 0.25) is 5.91 Å². The molecule has 0 unspecified atom stereocenters. The summed E-state index contributed by atoms with van der Waals surface area (Å²) in [6.45, 7) is 5.11. The second-order valence-corrected chi connectivity index (χ2v) is 9.13. The number of amides is 1. The van der Waals surface area contributed by atoms with Crippen molar-refractivity contribution >= 4 is 28.4 Å². The van der Waals surface area contributed by atoms with Gasteiger partial charge in [-0.2, -0.15) is 0 Å². The van der Waals surface area contributed by atoms with E-state index in [0.29, 0.717) is 11.4 Å². The lowest BCUT2D eigenvalue weighted by Gasteiger charge is -2.20. The quantitative estimate of drug-likeness (QED) is 0.288. The number of hydrogen-bond acceptors (Lipinski definition) is 1. The molecular formula is C29H31ClN2O. The van der Waals surface area contributed by atoms with Crippen LogP contribution in [0.15, 0.2) is 85.1 Å². The van der Waals surface area contributed by atoms with E-state index < -0.39 is 0 Å². The number of nitrogens with one attached hydrogen (secondary N) is 1. The molecule has 3 nitrogen and oxygen atoms in total. The van der Waals surface area contributed by atoms with E-state index in [4.69, 9.17) is 11.6 Å². The van der Waals surface area contributed by atoms with Gasteiger partial charge in [-0.3, -0.25) is 4.79 Å². The average molecular weight is 459 g/mol. The minimum atomic E-state index is -0.0669. The highest BCUT2D eigenvalue weighted by Crippen LogP contribution is 2.35. The van der Waals surface area contributed by atoms with Crippen LogP contribution < -0.4 is 5.32 Å². The van der Waals surface area contributed by atoms with Crippen molar-refractivity contribution in [1.29, 1.82) is 0 Å². The van der Waals surface area contributed by atoms with Crippen LogP contribution in [-0.4, -0.2) is 16.5 Å². The number of carbonyl (C=O) groups is 1. The van der Waals surface area contributed by atoms with Crippen LogP contribution >= 0.6 is 11.6 Å². The maximum atomic E-state index is 13.2. The van der Waals surface area contributed by atoms with E-state index in [0.717, 1.165) is 24.9 Å². The number of rotatable bonds is 9. The lowest BCUT2D eigenvalue weighted by molar-refractivity contribution is -0.121. The molecule has 0 aliphatic carbocycles. The highest BCUT2D eigenvalue weighted by molar-refractivity contribution is 6.30. The number of hydrogen-bond donors (Lipinski definition) is 1. The first-order valence-electron chi connectivity index (χ1n) is 11.7. The summed E-state index contributed by atoms with van der Waals surface area (Å²) in [5, 5.41) is 5.10. The van der Waals surface area contributed by atoms with Gasteiger partial charge in [-0.25, -0.2) is 0 Å². The SMILES string of the molecule is CCn1cc([C@@H](CC(=O)N[C@@H](C)CCc2ccccc2)c2cccc(Cl)c2)c2ccccc21. The summed E-state index contributed by atoms with van der Waals surface area (Å²) in [6.07, 6.45) is 4.44. The Balaban J connectivity index is 1.56. The number of carbonyl (C=O) groups excluding carboxylic acids is 1. The molecule has 0 radical (unpaired) electrons. The van der Waals surface area contributed by atoms with Gasteiger partial charge in [-0.05, 0) is 61.6 Å². The Hall–Kier alpha value is -3.04. The normalized spacial score (nSPS) is 13.1. The number of aromatic nitrogens is 1. The summed E-state index contributed by atoms with van der Waals surface area (Å²) in [4.78, 5) is 13.2. The maximum Gasteiger partial charge on any atom is 0.221 e. The van der Waals surface area contributed by atoms with Crippen LogP contribution in [-0.2, 0) is 17.8 Å². The highest BCUT2D eigenvalue weighted by Gasteiger charge is 2.23. The van der Waals surface area contributed by atoms with E-state index in [1.807, 2.05) is 24.3 Å². The fourth-order valence-electron chi connectivity index (χ4n) is 4.56. The molecule has 2 atom stereocenters. The molecule has 3 aromatic carbocycles. The van der Waals surface area contributed by atoms with E-state index in [-0.39, 0.29) is 17.9 Å². The molecule has 0 spiro atoms. The van der Waals surface area contributed by atoms with E-state index in [9.17, 15) is 4.79 Å². The summed E-state index contributed by atoms with van der Waals surface area (Å²) in [5.41, 5.74) is 4.72. The topological polar surface area (TPSA) is 34.0 Å². The monoisotopic (exact) mass is 458 g/mol. The lowest BCUT2D eigenvalue weighted by Crippen LogP contribution is -2.33. The molecule has 0 aliphatic heterocycles. The zero-order valence-corrected chi connectivity index (χ0v) is 20.1. The predicted octanol–water partition coefficient (Wildman–Crippen LogP) is 6.97. The molecule has 0 bridgehead atoms. The molecule has 0 fully saturated rings. The van der Waals surface area contributed by atoms with Crippen molar-refractivity contribution in [2.24, 2.45) is 0 Å². The fourth-order valence-corrected chi connectivity index (χ4v) is 4.76. The Morgan fingerprint density at radius 1 is 1.00 bits per heavy atom. The number of fused-ring (bicyclic) bond motifs is 1. The lowest BCUT2D eigenvalue weighted by atomic mass is 9.88. The Kier molecular flexibility index (Phi) is 7.51. The van der Waals surface area contributed by atoms with Crippen molar-refractivity contribution in [2.45, 2.75) is 51.6 Å². The molecule has 1 amide bonds. The summed E-state index contributed by atoms with van der Waals surface area (Å²) >= 11 is 6.34. The first-order valence-corrected chi connectivity index (χ1v) is 12.1. The Morgan fingerprint density at radius 2 is 1.76 bits per heavy atom. The Bertz CT molecular complexity index is 1210. The van der Waals surface area contributed by atoms with E-state index in [1.165, 1.54) is 22.0 Å². The minimum Gasteiger partial charge on any atom is -0.354 e. The molecule has 4 aromatic rings. The van der Waals surface area contributed by atoms with Gasteiger partial charge < -0.3 is 9.88 Å². The fraction of sp³-hybridized carbons (Fsp3) is 0.276. The second kappa shape index (κ2) is 10.7. The van der Waals surface area contributed by atoms with Gasteiger partial charge in [0.25, 0.3) is 0 Å². The van der Waals surface area contributed by atoms with Gasteiger partial charge in [0.05, 0.1) is 0 Å². The molecule has 0 aliphatic rings. The predicted molar refractivity (Wildman–Crippen MR) is 138 cm³/mol. The summed E-state index contributed by atoms with van der Waals surface area (Å²) in [6, 6.07) is 26.8. The van der Waals surface area contributed by atoms with Gasteiger partial charge in [0.15, 0.2) is 0 Å². The van der Waals surface area contributed by atoms with E-state index in [1.54, 1.807) is 0 Å². The standard InChI is InChI=1S/C29H31ClN2O/c1-3-32-20-27(25-14-7-8-15-28(25)32)26(23-12-9-13-24(30)18-23)19-29(33)31-21(2)16-17-22-10-5-4-6-11-22/h4-15,18,20-21,26H,3,16-17,19H2,1-2H3,(H,31,33)/t21-,26-/m0/s1. The van der Waals surface area contributed by atoms with Gasteiger partial charge in [-0.15, -0.1) is 0 Å². The van der Waals surface area contributed by atoms with Crippen LogP contribution in [0.25, 0.3) is 10.9 Å². The van der Waals surface area contributed by atoms with Gasteiger partial charge >= 0.3 is 0 Å². The number of halogens is 1. The van der Waals surface area contributed by atoms with E-state index >= 15 is 0 Å². The van der Waals surface area contributed by atoms with Crippen molar-refractivity contribution in [3.05, 3.63) is 107 Å². The van der Waals surface area contributed by atoms with Crippen molar-refractivity contribution in [1.82, 2.24) is 9.88 Å². The van der Waals surface area contributed by atoms with E-state index in [2.05, 4.69) is 84.5 Å². The molecule has 1 aromatic heterocycles. The summed E-state index contributed by atoms with van der Waals surface area (Å²) < 4.78 is 2.25. The highest BCUT2D eigenvalue weighted by atomic mass is 35.5. The van der Waals surface area contributed by atoms with Crippen LogP contribution in [0.5, 0.6) is 0 Å². The first-order chi connectivity index (χ1) is 16.0. The Morgan fingerprint density at radius 3 is 2.52 bits per heavy atom. The first kappa shape index (κ1) is 23.1. The van der Waals surface area contributed by atoms with Crippen LogP contribution in [0.3, 0.4) is 0 Å². The molecule has 0 saturated carbocycles. The Labute approximate surface area is 201 Å².